The number of rotatable bonds is 3. The van der Waals surface area contributed by atoms with Gasteiger partial charge in [-0.1, -0.05) is 18.2 Å². The zero-order valence-corrected chi connectivity index (χ0v) is 6.87. The van der Waals surface area contributed by atoms with E-state index in [0.29, 0.717) is 11.8 Å². The molecule has 0 aromatic rings. The number of allylic oxidation sites excluding steroid dienone is 2. The maximum Gasteiger partial charge on any atom is 0.0612 e. The van der Waals surface area contributed by atoms with E-state index in [2.05, 4.69) is 12.7 Å². The molecule has 1 fully saturated rings. The molecule has 1 N–H and O–H groups in total. The molecule has 1 rings (SSSR count). The summed E-state index contributed by atoms with van der Waals surface area (Å²) in [6.45, 7) is 3.96. The molecule has 0 heterocycles. The molecular formula is C10H16O. The van der Waals surface area contributed by atoms with Gasteiger partial charge in [0.15, 0.2) is 0 Å². The van der Waals surface area contributed by atoms with Crippen molar-refractivity contribution in [2.75, 3.05) is 6.61 Å². The van der Waals surface area contributed by atoms with Gasteiger partial charge in [0, 0.05) is 0 Å². The molecule has 0 radical (unpaired) electrons. The molecule has 0 aliphatic heterocycles. The molecule has 1 heteroatoms. The van der Waals surface area contributed by atoms with Gasteiger partial charge in [-0.25, -0.2) is 0 Å². The molecule has 0 amide bonds. The van der Waals surface area contributed by atoms with Crippen molar-refractivity contribution < 1.29 is 5.11 Å². The second kappa shape index (κ2) is 4.35. The Hall–Kier alpha value is -0.560. The summed E-state index contributed by atoms with van der Waals surface area (Å²) in [5.74, 6) is 1.40. The Kier molecular flexibility index (Phi) is 3.37. The summed E-state index contributed by atoms with van der Waals surface area (Å²) in [5, 5.41) is 8.54. The zero-order chi connectivity index (χ0) is 8.10. The molecule has 0 saturated heterocycles. The summed E-state index contributed by atoms with van der Waals surface area (Å²) < 4.78 is 0. The highest BCUT2D eigenvalue weighted by molar-refractivity contribution is 4.96. The highest BCUT2D eigenvalue weighted by Crippen LogP contribution is 2.31. The van der Waals surface area contributed by atoms with E-state index in [1.807, 2.05) is 12.2 Å². The maximum absolute atomic E-state index is 8.54. The van der Waals surface area contributed by atoms with E-state index >= 15 is 0 Å². The van der Waals surface area contributed by atoms with E-state index in [1.54, 1.807) is 0 Å². The molecule has 0 spiro atoms. The quantitative estimate of drug-likeness (QED) is 0.614. The van der Waals surface area contributed by atoms with Crippen molar-refractivity contribution in [3.63, 3.8) is 0 Å². The van der Waals surface area contributed by atoms with Crippen molar-refractivity contribution >= 4 is 0 Å². The molecule has 1 aliphatic rings. The molecule has 62 valence electrons. The predicted molar refractivity (Wildman–Crippen MR) is 47.3 cm³/mol. The number of hydrogen-bond donors (Lipinski definition) is 1. The lowest BCUT2D eigenvalue weighted by Crippen LogP contribution is -1.90. The second-order valence-corrected chi connectivity index (χ2v) is 3.18. The van der Waals surface area contributed by atoms with Crippen LogP contribution in [0, 0.1) is 11.8 Å². The fourth-order valence-electron chi connectivity index (χ4n) is 1.69. The zero-order valence-electron chi connectivity index (χ0n) is 6.87. The van der Waals surface area contributed by atoms with E-state index < -0.39 is 0 Å². The van der Waals surface area contributed by atoms with E-state index in [1.165, 1.54) is 19.3 Å². The standard InChI is InChI=1S/C10H16O/c1-2-9-5-6-10(8-9)4-3-7-11/h2-4,9-11H,1,5-8H2/b4-3-. The third-order valence-corrected chi connectivity index (χ3v) is 2.36. The molecule has 1 saturated carbocycles. The van der Waals surface area contributed by atoms with E-state index in [9.17, 15) is 0 Å². The Labute approximate surface area is 68.4 Å². The first-order chi connectivity index (χ1) is 5.36. The van der Waals surface area contributed by atoms with Gasteiger partial charge in [-0.15, -0.1) is 6.58 Å². The largest absolute Gasteiger partial charge is 0.392 e. The number of hydrogen-bond acceptors (Lipinski definition) is 1. The van der Waals surface area contributed by atoms with Gasteiger partial charge in [-0.3, -0.25) is 0 Å². The minimum Gasteiger partial charge on any atom is -0.392 e. The summed E-state index contributed by atoms with van der Waals surface area (Å²) in [6, 6.07) is 0. The summed E-state index contributed by atoms with van der Waals surface area (Å²) in [7, 11) is 0. The minimum atomic E-state index is 0.176. The topological polar surface area (TPSA) is 20.2 Å². The van der Waals surface area contributed by atoms with Crippen LogP contribution in [-0.4, -0.2) is 11.7 Å². The Morgan fingerprint density at radius 3 is 2.64 bits per heavy atom. The third kappa shape index (κ3) is 2.51. The minimum absolute atomic E-state index is 0.176. The van der Waals surface area contributed by atoms with E-state index in [0.717, 1.165) is 0 Å². The Morgan fingerprint density at radius 2 is 2.09 bits per heavy atom. The van der Waals surface area contributed by atoms with Crippen LogP contribution < -0.4 is 0 Å². The lowest BCUT2D eigenvalue weighted by atomic mass is 10.0. The molecular weight excluding hydrogens is 136 g/mol. The SMILES string of the molecule is C=CC1CCC(/C=C\CO)C1. The van der Waals surface area contributed by atoms with Gasteiger partial charge in [0.1, 0.15) is 0 Å². The first-order valence-corrected chi connectivity index (χ1v) is 4.27. The van der Waals surface area contributed by atoms with Crippen LogP contribution in [0.2, 0.25) is 0 Å². The summed E-state index contributed by atoms with van der Waals surface area (Å²) in [6.07, 6.45) is 9.77. The normalized spacial score (nSPS) is 31.4. The maximum atomic E-state index is 8.54. The van der Waals surface area contributed by atoms with Crippen LogP contribution in [0.5, 0.6) is 0 Å². The van der Waals surface area contributed by atoms with Crippen molar-refractivity contribution in [1.29, 1.82) is 0 Å². The molecule has 0 aromatic heterocycles. The average Bonchev–Trinajstić information content (AvgIpc) is 2.48. The smallest absolute Gasteiger partial charge is 0.0612 e. The number of aliphatic hydroxyl groups excluding tert-OH is 1. The fourth-order valence-corrected chi connectivity index (χ4v) is 1.69. The lowest BCUT2D eigenvalue weighted by molar-refractivity contribution is 0.341. The van der Waals surface area contributed by atoms with Crippen molar-refractivity contribution in [1.82, 2.24) is 0 Å². The molecule has 0 bridgehead atoms. The molecule has 1 nitrogen and oxygen atoms in total. The Balaban J connectivity index is 2.29. The Morgan fingerprint density at radius 1 is 1.36 bits per heavy atom. The van der Waals surface area contributed by atoms with Gasteiger partial charge in [0.25, 0.3) is 0 Å². The van der Waals surface area contributed by atoms with Crippen LogP contribution >= 0.6 is 0 Å². The van der Waals surface area contributed by atoms with E-state index in [-0.39, 0.29) is 6.61 Å². The average molecular weight is 152 g/mol. The van der Waals surface area contributed by atoms with Gasteiger partial charge >= 0.3 is 0 Å². The van der Waals surface area contributed by atoms with Crippen molar-refractivity contribution in [3.05, 3.63) is 24.8 Å². The van der Waals surface area contributed by atoms with Gasteiger partial charge in [-0.05, 0) is 31.1 Å². The van der Waals surface area contributed by atoms with Crippen molar-refractivity contribution in [2.45, 2.75) is 19.3 Å². The molecule has 2 unspecified atom stereocenters. The van der Waals surface area contributed by atoms with Crippen LogP contribution in [0.1, 0.15) is 19.3 Å². The molecule has 11 heavy (non-hydrogen) atoms. The van der Waals surface area contributed by atoms with Crippen LogP contribution in [0.15, 0.2) is 24.8 Å². The molecule has 2 atom stereocenters. The van der Waals surface area contributed by atoms with Crippen LogP contribution in [-0.2, 0) is 0 Å². The Bertz CT molecular complexity index is 149. The lowest BCUT2D eigenvalue weighted by Gasteiger charge is -2.01. The predicted octanol–water partition coefficient (Wildman–Crippen LogP) is 2.14. The van der Waals surface area contributed by atoms with Crippen LogP contribution in [0.4, 0.5) is 0 Å². The summed E-state index contributed by atoms with van der Waals surface area (Å²) >= 11 is 0. The first-order valence-electron chi connectivity index (χ1n) is 4.27. The third-order valence-electron chi connectivity index (χ3n) is 2.36. The second-order valence-electron chi connectivity index (χ2n) is 3.18. The van der Waals surface area contributed by atoms with Crippen LogP contribution in [0.25, 0.3) is 0 Å². The van der Waals surface area contributed by atoms with Crippen molar-refractivity contribution in [2.24, 2.45) is 11.8 Å². The first kappa shape index (κ1) is 8.54. The van der Waals surface area contributed by atoms with Crippen LogP contribution in [0.3, 0.4) is 0 Å². The highest BCUT2D eigenvalue weighted by Gasteiger charge is 2.19. The summed E-state index contributed by atoms with van der Waals surface area (Å²) in [4.78, 5) is 0. The summed E-state index contributed by atoms with van der Waals surface area (Å²) in [5.41, 5.74) is 0. The molecule has 1 aliphatic carbocycles. The van der Waals surface area contributed by atoms with E-state index in [4.69, 9.17) is 5.11 Å². The fraction of sp³-hybridized carbons (Fsp3) is 0.600. The monoisotopic (exact) mass is 152 g/mol. The van der Waals surface area contributed by atoms with Gasteiger partial charge in [0.05, 0.1) is 6.61 Å². The molecule has 0 aromatic carbocycles. The number of aliphatic hydroxyl groups is 1. The highest BCUT2D eigenvalue weighted by atomic mass is 16.2. The van der Waals surface area contributed by atoms with Gasteiger partial charge in [0.2, 0.25) is 0 Å². The van der Waals surface area contributed by atoms with Crippen molar-refractivity contribution in [3.8, 4) is 0 Å². The van der Waals surface area contributed by atoms with Gasteiger partial charge < -0.3 is 5.11 Å². The van der Waals surface area contributed by atoms with Gasteiger partial charge in [-0.2, -0.15) is 0 Å².